The van der Waals surface area contributed by atoms with E-state index in [0.717, 1.165) is 19.4 Å². The topological polar surface area (TPSA) is 52.6 Å². The third-order valence-corrected chi connectivity index (χ3v) is 2.95. The summed E-state index contributed by atoms with van der Waals surface area (Å²) in [4.78, 5) is 13.8. The summed E-state index contributed by atoms with van der Waals surface area (Å²) < 4.78 is 0. The van der Waals surface area contributed by atoms with Crippen molar-refractivity contribution in [3.05, 3.63) is 0 Å². The first-order valence-electron chi connectivity index (χ1n) is 6.25. The van der Waals surface area contributed by atoms with Gasteiger partial charge >= 0.3 is 0 Å². The van der Waals surface area contributed by atoms with E-state index in [9.17, 15) is 9.90 Å². The average Bonchev–Trinajstić information content (AvgIpc) is 2.99. The average molecular weight is 228 g/mol. The van der Waals surface area contributed by atoms with E-state index in [0.29, 0.717) is 19.0 Å². The number of nitrogens with zero attached hydrogens (tertiary/aromatic N) is 1. The molecule has 0 radical (unpaired) electrons. The second-order valence-electron chi connectivity index (χ2n) is 4.78. The van der Waals surface area contributed by atoms with Crippen molar-refractivity contribution in [3.63, 3.8) is 0 Å². The Kier molecular flexibility index (Phi) is 5.22. The second-order valence-corrected chi connectivity index (χ2v) is 4.78. The highest BCUT2D eigenvalue weighted by atomic mass is 16.3. The van der Waals surface area contributed by atoms with Gasteiger partial charge in [-0.25, -0.2) is 0 Å². The highest BCUT2D eigenvalue weighted by Gasteiger charge is 2.30. The molecule has 4 heteroatoms. The molecule has 0 aromatic carbocycles. The lowest BCUT2D eigenvalue weighted by atomic mass is 10.1. The van der Waals surface area contributed by atoms with E-state index in [-0.39, 0.29) is 18.1 Å². The van der Waals surface area contributed by atoms with Gasteiger partial charge in [0.2, 0.25) is 5.91 Å². The Morgan fingerprint density at radius 2 is 2.12 bits per heavy atom. The fourth-order valence-electron chi connectivity index (χ4n) is 1.98. The standard InChI is InChI=1S/C12H24N2O2/c1-4-14(11-5-6-11)12(16)8-13-9(2)7-10(3)15/h9-11,13,15H,4-8H2,1-3H3. The third-order valence-electron chi connectivity index (χ3n) is 2.95. The van der Waals surface area contributed by atoms with Gasteiger partial charge in [-0.15, -0.1) is 0 Å². The first-order valence-corrected chi connectivity index (χ1v) is 6.25. The van der Waals surface area contributed by atoms with E-state index in [1.165, 1.54) is 0 Å². The summed E-state index contributed by atoms with van der Waals surface area (Å²) in [6.07, 6.45) is 2.68. The Balaban J connectivity index is 2.22. The number of aliphatic hydroxyl groups excluding tert-OH is 1. The molecule has 16 heavy (non-hydrogen) atoms. The Hall–Kier alpha value is -0.610. The van der Waals surface area contributed by atoms with E-state index in [1.54, 1.807) is 6.92 Å². The second kappa shape index (κ2) is 6.21. The fraction of sp³-hybridized carbons (Fsp3) is 0.917. The maximum atomic E-state index is 11.8. The maximum absolute atomic E-state index is 11.8. The van der Waals surface area contributed by atoms with Crippen LogP contribution in [0.4, 0.5) is 0 Å². The lowest BCUT2D eigenvalue weighted by molar-refractivity contribution is -0.130. The molecule has 2 atom stereocenters. The summed E-state index contributed by atoms with van der Waals surface area (Å²) in [6, 6.07) is 0.674. The summed E-state index contributed by atoms with van der Waals surface area (Å²) in [5.41, 5.74) is 0. The molecule has 0 saturated heterocycles. The molecule has 2 unspecified atom stereocenters. The minimum atomic E-state index is -0.316. The van der Waals surface area contributed by atoms with Gasteiger partial charge in [0.25, 0.3) is 0 Å². The van der Waals surface area contributed by atoms with Crippen LogP contribution in [0.25, 0.3) is 0 Å². The molecule has 0 heterocycles. The molecular formula is C12H24N2O2. The van der Waals surface area contributed by atoms with Crippen molar-refractivity contribution in [2.75, 3.05) is 13.1 Å². The molecule has 0 aliphatic heterocycles. The number of likely N-dealkylation sites (N-methyl/N-ethyl adjacent to an activating group) is 1. The molecule has 1 saturated carbocycles. The monoisotopic (exact) mass is 228 g/mol. The van der Waals surface area contributed by atoms with Crippen LogP contribution in [0.15, 0.2) is 0 Å². The van der Waals surface area contributed by atoms with Gasteiger partial charge in [-0.1, -0.05) is 0 Å². The molecule has 0 aromatic heterocycles. The van der Waals surface area contributed by atoms with Crippen molar-refractivity contribution >= 4 is 5.91 Å². The Morgan fingerprint density at radius 3 is 2.56 bits per heavy atom. The van der Waals surface area contributed by atoms with Crippen LogP contribution in [0.3, 0.4) is 0 Å². The molecule has 1 fully saturated rings. The van der Waals surface area contributed by atoms with Gasteiger partial charge in [0, 0.05) is 18.6 Å². The van der Waals surface area contributed by atoms with Crippen LogP contribution in [-0.4, -0.2) is 47.2 Å². The molecule has 1 aliphatic rings. The number of aliphatic hydroxyl groups is 1. The maximum Gasteiger partial charge on any atom is 0.236 e. The van der Waals surface area contributed by atoms with E-state index in [2.05, 4.69) is 5.32 Å². The van der Waals surface area contributed by atoms with Gasteiger partial charge in [0.15, 0.2) is 0 Å². The van der Waals surface area contributed by atoms with E-state index >= 15 is 0 Å². The van der Waals surface area contributed by atoms with Gasteiger partial charge < -0.3 is 15.3 Å². The minimum absolute atomic E-state index is 0.182. The summed E-state index contributed by atoms with van der Waals surface area (Å²) in [5.74, 6) is 0.183. The molecule has 94 valence electrons. The van der Waals surface area contributed by atoms with Gasteiger partial charge in [0.05, 0.1) is 12.6 Å². The van der Waals surface area contributed by atoms with Gasteiger partial charge in [-0.2, -0.15) is 0 Å². The smallest absolute Gasteiger partial charge is 0.236 e. The number of hydrogen-bond donors (Lipinski definition) is 2. The van der Waals surface area contributed by atoms with Crippen molar-refractivity contribution in [1.82, 2.24) is 10.2 Å². The van der Waals surface area contributed by atoms with Crippen LogP contribution in [0.5, 0.6) is 0 Å². The van der Waals surface area contributed by atoms with Crippen LogP contribution < -0.4 is 5.32 Å². The first kappa shape index (κ1) is 13.5. The van der Waals surface area contributed by atoms with E-state index in [1.807, 2.05) is 18.7 Å². The quantitative estimate of drug-likeness (QED) is 0.676. The van der Waals surface area contributed by atoms with Crippen LogP contribution >= 0.6 is 0 Å². The Labute approximate surface area is 98.0 Å². The lowest BCUT2D eigenvalue weighted by Gasteiger charge is -2.22. The van der Waals surface area contributed by atoms with E-state index in [4.69, 9.17) is 0 Å². The van der Waals surface area contributed by atoms with Crippen molar-refractivity contribution in [2.24, 2.45) is 0 Å². The van der Waals surface area contributed by atoms with Crippen molar-refractivity contribution < 1.29 is 9.90 Å². The highest BCUT2D eigenvalue weighted by Crippen LogP contribution is 2.26. The number of rotatable bonds is 7. The Morgan fingerprint density at radius 1 is 1.50 bits per heavy atom. The number of carbonyl (C=O) groups excluding carboxylic acids is 1. The fourth-order valence-corrected chi connectivity index (χ4v) is 1.98. The molecular weight excluding hydrogens is 204 g/mol. The number of nitrogens with one attached hydrogen (secondary N) is 1. The third kappa shape index (κ3) is 4.49. The first-order chi connectivity index (χ1) is 7.54. The molecule has 1 aliphatic carbocycles. The van der Waals surface area contributed by atoms with Crippen molar-refractivity contribution in [3.8, 4) is 0 Å². The molecule has 0 bridgehead atoms. The summed E-state index contributed by atoms with van der Waals surface area (Å²) in [6.45, 7) is 6.97. The lowest BCUT2D eigenvalue weighted by Crippen LogP contribution is -2.42. The normalized spacial score (nSPS) is 19.2. The number of carbonyl (C=O) groups is 1. The van der Waals surface area contributed by atoms with Crippen LogP contribution in [0.1, 0.15) is 40.0 Å². The molecule has 1 amide bonds. The number of amides is 1. The van der Waals surface area contributed by atoms with Crippen LogP contribution in [0, 0.1) is 0 Å². The molecule has 1 rings (SSSR count). The zero-order valence-electron chi connectivity index (χ0n) is 10.6. The predicted molar refractivity (Wildman–Crippen MR) is 64.2 cm³/mol. The molecule has 0 spiro atoms. The van der Waals surface area contributed by atoms with Crippen LogP contribution in [0.2, 0.25) is 0 Å². The largest absolute Gasteiger partial charge is 0.393 e. The highest BCUT2D eigenvalue weighted by molar-refractivity contribution is 5.78. The SMILES string of the molecule is CCN(C(=O)CNC(C)CC(C)O)C1CC1. The molecule has 2 N–H and O–H groups in total. The van der Waals surface area contributed by atoms with Crippen LogP contribution in [-0.2, 0) is 4.79 Å². The predicted octanol–water partition coefficient (Wildman–Crippen LogP) is 0.746. The summed E-state index contributed by atoms with van der Waals surface area (Å²) in [5, 5.41) is 12.4. The minimum Gasteiger partial charge on any atom is -0.393 e. The van der Waals surface area contributed by atoms with Crippen molar-refractivity contribution in [1.29, 1.82) is 0 Å². The van der Waals surface area contributed by atoms with Gasteiger partial charge in [-0.05, 0) is 40.0 Å². The summed E-state index contributed by atoms with van der Waals surface area (Å²) >= 11 is 0. The van der Waals surface area contributed by atoms with Gasteiger partial charge in [-0.3, -0.25) is 4.79 Å². The van der Waals surface area contributed by atoms with Gasteiger partial charge in [0.1, 0.15) is 0 Å². The van der Waals surface area contributed by atoms with Crippen molar-refractivity contribution in [2.45, 2.75) is 58.2 Å². The Bertz CT molecular complexity index is 227. The zero-order valence-corrected chi connectivity index (χ0v) is 10.6. The molecule has 4 nitrogen and oxygen atoms in total. The molecule has 0 aromatic rings. The zero-order chi connectivity index (χ0) is 12.1. The summed E-state index contributed by atoms with van der Waals surface area (Å²) in [7, 11) is 0. The number of hydrogen-bond acceptors (Lipinski definition) is 3. The van der Waals surface area contributed by atoms with E-state index < -0.39 is 0 Å².